The van der Waals surface area contributed by atoms with Gasteiger partial charge < -0.3 is 19.7 Å². The van der Waals surface area contributed by atoms with E-state index in [1.165, 1.54) is 19.1 Å². The zero-order valence-corrected chi connectivity index (χ0v) is 14.5. The summed E-state index contributed by atoms with van der Waals surface area (Å²) in [6.45, 7) is 7.07. The van der Waals surface area contributed by atoms with Crippen molar-refractivity contribution in [3.63, 3.8) is 0 Å². The minimum absolute atomic E-state index is 0.0849. The number of ether oxygens (including phenoxy) is 2. The van der Waals surface area contributed by atoms with E-state index in [0.717, 1.165) is 5.57 Å². The highest BCUT2D eigenvalue weighted by Gasteiger charge is 2.22. The Bertz CT molecular complexity index is 609. The highest BCUT2D eigenvalue weighted by atomic mass is 16.5. The lowest BCUT2D eigenvalue weighted by molar-refractivity contribution is -0.139. The summed E-state index contributed by atoms with van der Waals surface area (Å²) in [5.74, 6) is -1.34. The summed E-state index contributed by atoms with van der Waals surface area (Å²) in [4.78, 5) is 22.9. The van der Waals surface area contributed by atoms with Crippen molar-refractivity contribution < 1.29 is 29.3 Å². The Morgan fingerprint density at radius 2 is 1.79 bits per heavy atom. The van der Waals surface area contributed by atoms with Crippen molar-refractivity contribution in [3.8, 4) is 17.2 Å². The first-order valence-corrected chi connectivity index (χ1v) is 7.78. The van der Waals surface area contributed by atoms with Crippen LogP contribution in [0.4, 0.5) is 0 Å². The van der Waals surface area contributed by atoms with Gasteiger partial charge in [-0.25, -0.2) is 0 Å². The van der Waals surface area contributed by atoms with Crippen LogP contribution in [0.25, 0.3) is 0 Å². The van der Waals surface area contributed by atoms with Gasteiger partial charge in [0.05, 0.1) is 0 Å². The van der Waals surface area contributed by atoms with Gasteiger partial charge in [0.2, 0.25) is 0 Å². The van der Waals surface area contributed by atoms with Crippen LogP contribution in [0.5, 0.6) is 17.2 Å². The fourth-order valence-corrected chi connectivity index (χ4v) is 1.91. The Morgan fingerprint density at radius 1 is 1.21 bits per heavy atom. The smallest absolute Gasteiger partial charge is 0.302 e. The van der Waals surface area contributed by atoms with Crippen LogP contribution in [0.2, 0.25) is 0 Å². The van der Waals surface area contributed by atoms with Crippen molar-refractivity contribution in [3.05, 3.63) is 29.3 Å². The second kappa shape index (κ2) is 8.96. The number of phenolic OH excluding ortho intramolecular Hbond substituents is 2. The monoisotopic (exact) mass is 336 g/mol. The van der Waals surface area contributed by atoms with Crippen LogP contribution in [0.3, 0.4) is 0 Å². The van der Waals surface area contributed by atoms with Gasteiger partial charge in [-0.05, 0) is 25.0 Å². The number of carbonyl (C=O) groups is 2. The lowest BCUT2D eigenvalue weighted by atomic mass is 9.95. The zero-order chi connectivity index (χ0) is 18.3. The van der Waals surface area contributed by atoms with E-state index in [1.807, 2.05) is 6.92 Å². The molecule has 1 aromatic rings. The number of benzene rings is 1. The van der Waals surface area contributed by atoms with Gasteiger partial charge in [0, 0.05) is 25.0 Å². The molecular weight excluding hydrogens is 312 g/mol. The molecule has 0 fully saturated rings. The molecule has 0 unspecified atom stereocenters. The number of Topliss-reactive ketones (excluding diaryl/α,β-unsaturated/α-hetero) is 1. The lowest BCUT2D eigenvalue weighted by Gasteiger charge is -2.13. The number of esters is 1. The predicted molar refractivity (Wildman–Crippen MR) is 89.4 cm³/mol. The Kier molecular flexibility index (Phi) is 7.30. The van der Waals surface area contributed by atoms with Gasteiger partial charge in [0.15, 0.2) is 5.78 Å². The number of ketones is 1. The van der Waals surface area contributed by atoms with Crippen molar-refractivity contribution in [1.29, 1.82) is 0 Å². The van der Waals surface area contributed by atoms with Crippen LogP contribution in [0, 0.1) is 5.92 Å². The molecule has 1 rings (SSSR count). The number of aromatic hydroxyl groups is 2. The molecule has 132 valence electrons. The standard InChI is InChI=1S/C18H24O6/c1-5-12(3)18(22)17-15(20)8-14(9-16(17)21)23-7-6-11(2)10-24-13(4)19/h6,8-9,12,20-21H,5,7,10H2,1-4H3/t12-/m1/s1. The number of rotatable bonds is 8. The number of carbonyl (C=O) groups excluding carboxylic acids is 2. The van der Waals surface area contributed by atoms with E-state index in [4.69, 9.17) is 9.47 Å². The van der Waals surface area contributed by atoms with Crippen LogP contribution in [-0.4, -0.2) is 35.2 Å². The molecule has 6 nitrogen and oxygen atoms in total. The summed E-state index contributed by atoms with van der Waals surface area (Å²) in [5, 5.41) is 20.0. The van der Waals surface area contributed by atoms with Gasteiger partial charge in [0.1, 0.15) is 36.0 Å². The minimum Gasteiger partial charge on any atom is -0.507 e. The Hall–Kier alpha value is -2.50. The average molecular weight is 336 g/mol. The van der Waals surface area contributed by atoms with E-state index in [2.05, 4.69) is 0 Å². The van der Waals surface area contributed by atoms with E-state index in [-0.39, 0.29) is 53.7 Å². The molecule has 24 heavy (non-hydrogen) atoms. The molecule has 2 N–H and O–H groups in total. The van der Waals surface area contributed by atoms with Gasteiger partial charge in [-0.1, -0.05) is 13.8 Å². The topological polar surface area (TPSA) is 93.1 Å². The first-order chi connectivity index (χ1) is 11.3. The average Bonchev–Trinajstić information content (AvgIpc) is 2.51. The van der Waals surface area contributed by atoms with Gasteiger partial charge in [-0.2, -0.15) is 0 Å². The maximum absolute atomic E-state index is 12.1. The number of phenols is 2. The zero-order valence-electron chi connectivity index (χ0n) is 14.5. The second-order valence-corrected chi connectivity index (χ2v) is 5.65. The third kappa shape index (κ3) is 5.61. The summed E-state index contributed by atoms with van der Waals surface area (Å²) in [6, 6.07) is 2.59. The van der Waals surface area contributed by atoms with Crippen LogP contribution in [-0.2, 0) is 9.53 Å². The molecule has 0 aliphatic rings. The molecule has 0 aromatic heterocycles. The van der Waals surface area contributed by atoms with Gasteiger partial charge in [-0.15, -0.1) is 0 Å². The molecule has 0 amide bonds. The third-order valence-corrected chi connectivity index (χ3v) is 3.56. The van der Waals surface area contributed by atoms with Crippen molar-refractivity contribution in [2.24, 2.45) is 5.92 Å². The van der Waals surface area contributed by atoms with Crippen LogP contribution in [0.15, 0.2) is 23.8 Å². The Labute approximate surface area is 141 Å². The maximum Gasteiger partial charge on any atom is 0.302 e. The Morgan fingerprint density at radius 3 is 2.29 bits per heavy atom. The van der Waals surface area contributed by atoms with Crippen molar-refractivity contribution >= 4 is 11.8 Å². The van der Waals surface area contributed by atoms with Crippen molar-refractivity contribution in [2.45, 2.75) is 34.1 Å². The van der Waals surface area contributed by atoms with E-state index in [0.29, 0.717) is 6.42 Å². The summed E-state index contributed by atoms with van der Waals surface area (Å²) >= 11 is 0. The minimum atomic E-state index is -0.361. The normalized spacial score (nSPS) is 12.6. The molecule has 6 heteroatoms. The van der Waals surface area contributed by atoms with E-state index >= 15 is 0 Å². The van der Waals surface area contributed by atoms with E-state index < -0.39 is 0 Å². The largest absolute Gasteiger partial charge is 0.507 e. The fraction of sp³-hybridized carbons (Fsp3) is 0.444. The van der Waals surface area contributed by atoms with Crippen molar-refractivity contribution in [1.82, 2.24) is 0 Å². The SMILES string of the molecule is CC[C@@H](C)C(=O)c1c(O)cc(OCC=C(C)COC(C)=O)cc1O. The molecule has 0 saturated heterocycles. The highest BCUT2D eigenvalue weighted by molar-refractivity contribution is 6.02. The first kappa shape index (κ1) is 19.5. The number of hydrogen-bond donors (Lipinski definition) is 2. The molecule has 0 aliphatic heterocycles. The molecule has 0 bridgehead atoms. The Balaban J connectivity index is 2.77. The van der Waals surface area contributed by atoms with Gasteiger partial charge >= 0.3 is 5.97 Å². The third-order valence-electron chi connectivity index (χ3n) is 3.56. The summed E-state index contributed by atoms with van der Waals surface area (Å²) in [5.41, 5.74) is 0.723. The van der Waals surface area contributed by atoms with Gasteiger partial charge in [0.25, 0.3) is 0 Å². The van der Waals surface area contributed by atoms with Crippen LogP contribution >= 0.6 is 0 Å². The van der Waals surface area contributed by atoms with E-state index in [9.17, 15) is 19.8 Å². The van der Waals surface area contributed by atoms with Gasteiger partial charge in [-0.3, -0.25) is 9.59 Å². The number of hydrogen-bond acceptors (Lipinski definition) is 6. The van der Waals surface area contributed by atoms with Crippen molar-refractivity contribution in [2.75, 3.05) is 13.2 Å². The maximum atomic E-state index is 12.1. The fourth-order valence-electron chi connectivity index (χ4n) is 1.91. The molecule has 1 atom stereocenters. The quantitative estimate of drug-likeness (QED) is 0.430. The predicted octanol–water partition coefficient (Wildman–Crippen LogP) is 3.21. The summed E-state index contributed by atoms with van der Waals surface area (Å²) < 4.78 is 10.3. The lowest BCUT2D eigenvalue weighted by Crippen LogP contribution is -2.11. The molecule has 0 spiro atoms. The molecular formula is C18H24O6. The highest BCUT2D eigenvalue weighted by Crippen LogP contribution is 2.34. The molecule has 1 aromatic carbocycles. The first-order valence-electron chi connectivity index (χ1n) is 7.78. The summed E-state index contributed by atoms with van der Waals surface area (Å²) in [6.07, 6.45) is 2.33. The van der Waals surface area contributed by atoms with E-state index in [1.54, 1.807) is 19.9 Å². The molecule has 0 saturated carbocycles. The second-order valence-electron chi connectivity index (χ2n) is 5.65. The summed E-state index contributed by atoms with van der Waals surface area (Å²) in [7, 11) is 0. The molecule has 0 radical (unpaired) electrons. The van der Waals surface area contributed by atoms with Crippen LogP contribution in [0.1, 0.15) is 44.5 Å². The van der Waals surface area contributed by atoms with Crippen LogP contribution < -0.4 is 4.74 Å². The molecule has 0 aliphatic carbocycles. The molecule has 0 heterocycles.